The minimum atomic E-state index is -0.900. The molecule has 0 aromatic carbocycles. The van der Waals surface area contributed by atoms with Gasteiger partial charge >= 0.3 is 107 Å². The molecule has 19 heavy (non-hydrogen) atoms. The first kappa shape index (κ1) is 14.0. The van der Waals surface area contributed by atoms with Gasteiger partial charge in [-0.15, -0.1) is 0 Å². The summed E-state index contributed by atoms with van der Waals surface area (Å²) in [4.78, 5) is 25.1. The topological polar surface area (TPSA) is 122 Å². The van der Waals surface area contributed by atoms with Gasteiger partial charge in [0.1, 0.15) is 0 Å². The number of hydrogen-bond acceptors (Lipinski definition) is 6. The summed E-state index contributed by atoms with van der Waals surface area (Å²) in [6.45, 7) is -0.375. The summed E-state index contributed by atoms with van der Waals surface area (Å²) in [5.41, 5.74) is 0.761. The Balaban J connectivity index is 2.43. The summed E-state index contributed by atoms with van der Waals surface area (Å²) >= 11 is 0. The van der Waals surface area contributed by atoms with Gasteiger partial charge in [-0.25, -0.2) is 0 Å². The molecule has 1 saturated heterocycles. The van der Waals surface area contributed by atoms with Crippen molar-refractivity contribution < 1.29 is 19.5 Å². The van der Waals surface area contributed by atoms with Gasteiger partial charge < -0.3 is 0 Å². The third-order valence-electron chi connectivity index (χ3n) is 2.83. The number of aliphatic hydroxyl groups is 2. The second-order valence-electron chi connectivity index (χ2n) is 4.03. The monoisotopic (exact) mass is 286 g/mol. The van der Waals surface area contributed by atoms with Crippen LogP contribution in [-0.4, -0.2) is 38.6 Å². The van der Waals surface area contributed by atoms with E-state index in [1.165, 1.54) is 0 Å². The fourth-order valence-electron chi connectivity index (χ4n) is 1.88. The zero-order valence-corrected chi connectivity index (χ0v) is 10.5. The third-order valence-corrected chi connectivity index (χ3v) is 3.16. The molecule has 1 aliphatic rings. The van der Waals surface area contributed by atoms with Crippen LogP contribution in [0.4, 0.5) is 0 Å². The first-order chi connectivity index (χ1) is 9.06. The van der Waals surface area contributed by atoms with E-state index in [0.717, 1.165) is 10.8 Å². The Morgan fingerprint density at radius 1 is 1.58 bits per heavy atom. The summed E-state index contributed by atoms with van der Waals surface area (Å²) in [5, 5.41) is 18.6. The first-order valence-electron chi connectivity index (χ1n) is 5.45. The molecule has 9 heteroatoms. The molecule has 3 N–H and O–H groups in total. The fourth-order valence-corrected chi connectivity index (χ4v) is 2.14. The molecule has 3 atom stereocenters. The quantitative estimate of drug-likeness (QED) is 0.586. The van der Waals surface area contributed by atoms with E-state index >= 15 is 0 Å². The Kier molecular flexibility index (Phi) is 4.19. The summed E-state index contributed by atoms with van der Waals surface area (Å²) in [6, 6.07) is 0. The number of hydrogen-bond donors (Lipinski definition) is 3. The molecule has 1 fully saturated rings. The molecule has 2 heterocycles. The van der Waals surface area contributed by atoms with Crippen LogP contribution in [0.25, 0.3) is 0 Å². The van der Waals surface area contributed by atoms with Crippen LogP contribution in [0, 0.1) is 5.63 Å². The molecule has 0 bridgehead atoms. The standard InChI is InChI=1S/C10H11N2O6P/c13-3-7-6(14)1-8(18-7)12-2-5(4-19-17)9(15)11-10(12)16/h2,6-8,13-14H,1,3H2,(H,11,15,16)/t6-,7+,8?/m0/s1. The molecule has 0 spiro atoms. The van der Waals surface area contributed by atoms with Crippen LogP contribution in [-0.2, 0) is 9.30 Å². The van der Waals surface area contributed by atoms with Crippen molar-refractivity contribution in [1.29, 1.82) is 0 Å². The Hall–Kier alpha value is -1.43. The normalized spacial score (nSPS) is 26.1. The van der Waals surface area contributed by atoms with Crippen molar-refractivity contribution >= 4 is 7.92 Å². The number of H-pyrrole nitrogens is 1. The molecular formula is C10H11N2O6P. The zero-order valence-electron chi connectivity index (χ0n) is 9.65. The number of aliphatic hydroxyl groups excluding tert-OH is 2. The molecule has 1 aromatic rings. The van der Waals surface area contributed by atoms with Crippen molar-refractivity contribution in [2.75, 3.05) is 6.61 Å². The zero-order chi connectivity index (χ0) is 14.0. The maximum absolute atomic E-state index is 11.7. The molecule has 0 radical (unpaired) electrons. The number of aromatic nitrogens is 2. The fraction of sp³-hybridized carbons (Fsp3) is 0.500. The molecule has 1 unspecified atom stereocenters. The summed E-state index contributed by atoms with van der Waals surface area (Å²) in [6.07, 6.45) is -1.23. The van der Waals surface area contributed by atoms with Gasteiger partial charge in [0.05, 0.1) is 0 Å². The Labute approximate surface area is 107 Å². The molecule has 2 rings (SSSR count). The number of ether oxygens (including phenoxy) is 1. The van der Waals surface area contributed by atoms with Gasteiger partial charge in [-0.2, -0.15) is 0 Å². The average Bonchev–Trinajstić information content (AvgIpc) is 2.74. The van der Waals surface area contributed by atoms with E-state index in [9.17, 15) is 19.3 Å². The van der Waals surface area contributed by atoms with Crippen molar-refractivity contribution in [2.45, 2.75) is 24.9 Å². The molecule has 1 aliphatic heterocycles. The Morgan fingerprint density at radius 3 is 2.89 bits per heavy atom. The average molecular weight is 286 g/mol. The molecule has 0 saturated carbocycles. The van der Waals surface area contributed by atoms with Gasteiger partial charge in [0.25, 0.3) is 0 Å². The predicted molar refractivity (Wildman–Crippen MR) is 63.5 cm³/mol. The van der Waals surface area contributed by atoms with Crippen molar-refractivity contribution in [3.05, 3.63) is 32.6 Å². The molecule has 1 aromatic heterocycles. The van der Waals surface area contributed by atoms with Crippen LogP contribution >= 0.6 is 7.92 Å². The van der Waals surface area contributed by atoms with E-state index in [-0.39, 0.29) is 18.6 Å². The summed E-state index contributed by atoms with van der Waals surface area (Å²) in [5.74, 6) is 0. The summed E-state index contributed by atoms with van der Waals surface area (Å²) in [7, 11) is -0.487. The SMILES string of the molecule is O=P#Cc1cn(C2C[C@H](O)[C@@H](CO)O2)c(=O)[nH]c1=O. The number of aromatic amines is 1. The van der Waals surface area contributed by atoms with E-state index in [0.29, 0.717) is 0 Å². The van der Waals surface area contributed by atoms with Crippen LogP contribution in [0.1, 0.15) is 18.2 Å². The van der Waals surface area contributed by atoms with E-state index < -0.39 is 37.6 Å². The molecule has 0 amide bonds. The number of rotatable bonds is 2. The van der Waals surface area contributed by atoms with Crippen LogP contribution in [0.5, 0.6) is 0 Å². The second kappa shape index (κ2) is 5.69. The van der Waals surface area contributed by atoms with Crippen LogP contribution in [0.15, 0.2) is 15.8 Å². The van der Waals surface area contributed by atoms with E-state index in [4.69, 9.17) is 9.84 Å². The van der Waals surface area contributed by atoms with Crippen molar-refractivity contribution in [2.24, 2.45) is 0 Å². The molecular weight excluding hydrogens is 275 g/mol. The van der Waals surface area contributed by atoms with Crippen LogP contribution < -0.4 is 11.2 Å². The van der Waals surface area contributed by atoms with Crippen molar-refractivity contribution in [3.63, 3.8) is 0 Å². The molecule has 8 nitrogen and oxygen atoms in total. The van der Waals surface area contributed by atoms with Gasteiger partial charge in [0.15, 0.2) is 0 Å². The molecule has 0 aliphatic carbocycles. The van der Waals surface area contributed by atoms with Crippen LogP contribution in [0.3, 0.4) is 0 Å². The minimum absolute atomic E-state index is 0.0678. The number of nitrogens with one attached hydrogen (secondary N) is 1. The van der Waals surface area contributed by atoms with Crippen molar-refractivity contribution in [1.82, 2.24) is 9.55 Å². The van der Waals surface area contributed by atoms with Gasteiger partial charge in [-0.1, -0.05) is 0 Å². The van der Waals surface area contributed by atoms with Gasteiger partial charge in [0, 0.05) is 0 Å². The van der Waals surface area contributed by atoms with E-state index in [2.05, 4.69) is 5.63 Å². The number of nitrogens with zero attached hydrogens (tertiary/aromatic N) is 1. The van der Waals surface area contributed by atoms with Gasteiger partial charge in [-0.3, -0.25) is 0 Å². The predicted octanol–water partition coefficient (Wildman–Crippen LogP) is -1.22. The molecule has 102 valence electrons. The van der Waals surface area contributed by atoms with Crippen LogP contribution in [0.2, 0.25) is 0 Å². The maximum atomic E-state index is 11.7. The summed E-state index contributed by atoms with van der Waals surface area (Å²) < 4.78 is 16.8. The van der Waals surface area contributed by atoms with Gasteiger partial charge in [0.2, 0.25) is 0 Å². The Morgan fingerprint density at radius 2 is 2.32 bits per heavy atom. The van der Waals surface area contributed by atoms with Crippen molar-refractivity contribution in [3.8, 4) is 5.63 Å². The van der Waals surface area contributed by atoms with E-state index in [1.54, 1.807) is 0 Å². The first-order valence-corrected chi connectivity index (χ1v) is 6.26. The van der Waals surface area contributed by atoms with E-state index in [1.807, 2.05) is 4.98 Å². The second-order valence-corrected chi connectivity index (χ2v) is 4.43. The third kappa shape index (κ3) is 2.78. The van der Waals surface area contributed by atoms with Gasteiger partial charge in [-0.05, 0) is 0 Å². The Bertz CT molecular complexity index is 690.